The van der Waals surface area contributed by atoms with Crippen LogP contribution in [0.25, 0.3) is 0 Å². The quantitative estimate of drug-likeness (QED) is 0.538. The number of benzene rings is 2. The standard InChI is InChI=1S/C22H20F2N2O5/c1-12(2)10-17(26-20(28)13-6-3-4-7-14(13)21(26)29)22(30)31-11-18(27)25-19-15(23)8-5-9-16(19)24/h3-9,12,17H,10-11H2,1-2H3,(H,25,27). The van der Waals surface area contributed by atoms with E-state index in [2.05, 4.69) is 0 Å². The van der Waals surface area contributed by atoms with Gasteiger partial charge in [0.05, 0.1) is 11.1 Å². The summed E-state index contributed by atoms with van der Waals surface area (Å²) in [6.07, 6.45) is 0.119. The molecule has 2 aromatic carbocycles. The highest BCUT2D eigenvalue weighted by molar-refractivity contribution is 6.22. The summed E-state index contributed by atoms with van der Waals surface area (Å²) < 4.78 is 32.3. The van der Waals surface area contributed by atoms with Gasteiger partial charge in [0.2, 0.25) is 0 Å². The predicted octanol–water partition coefficient (Wildman–Crippen LogP) is 3.16. The van der Waals surface area contributed by atoms with E-state index in [4.69, 9.17) is 4.74 Å². The van der Waals surface area contributed by atoms with Crippen LogP contribution in [0.5, 0.6) is 0 Å². The predicted molar refractivity (Wildman–Crippen MR) is 106 cm³/mol. The van der Waals surface area contributed by atoms with Crippen molar-refractivity contribution in [2.45, 2.75) is 26.3 Å². The van der Waals surface area contributed by atoms with E-state index in [0.29, 0.717) is 0 Å². The molecule has 1 N–H and O–H groups in total. The van der Waals surface area contributed by atoms with E-state index in [-0.39, 0.29) is 23.5 Å². The minimum absolute atomic E-state index is 0.0804. The molecule has 1 aliphatic rings. The van der Waals surface area contributed by atoms with Gasteiger partial charge in [0, 0.05) is 0 Å². The molecule has 3 rings (SSSR count). The van der Waals surface area contributed by atoms with E-state index in [9.17, 15) is 28.0 Å². The second-order valence-corrected chi connectivity index (χ2v) is 7.42. The van der Waals surface area contributed by atoms with Crippen LogP contribution in [0.1, 0.15) is 41.0 Å². The SMILES string of the molecule is CC(C)CC(C(=O)OCC(=O)Nc1c(F)cccc1F)N1C(=O)c2ccccc2C1=O. The van der Waals surface area contributed by atoms with Crippen LogP contribution >= 0.6 is 0 Å². The first-order chi connectivity index (χ1) is 14.7. The third-order valence-corrected chi connectivity index (χ3v) is 4.68. The Morgan fingerprint density at radius 3 is 2.03 bits per heavy atom. The number of hydrogen-bond acceptors (Lipinski definition) is 5. The second-order valence-electron chi connectivity index (χ2n) is 7.42. The first-order valence-corrected chi connectivity index (χ1v) is 9.58. The Kier molecular flexibility index (Phi) is 6.43. The van der Waals surface area contributed by atoms with E-state index in [1.54, 1.807) is 26.0 Å². The Hall–Kier alpha value is -3.62. The van der Waals surface area contributed by atoms with Crippen LogP contribution in [0.2, 0.25) is 0 Å². The van der Waals surface area contributed by atoms with Gasteiger partial charge < -0.3 is 10.1 Å². The number of ether oxygens (including phenoxy) is 1. The number of imide groups is 1. The summed E-state index contributed by atoms with van der Waals surface area (Å²) in [4.78, 5) is 51.0. The molecule has 1 atom stereocenters. The molecule has 2 aromatic rings. The molecule has 0 aromatic heterocycles. The van der Waals surface area contributed by atoms with Crippen molar-refractivity contribution in [1.82, 2.24) is 4.90 Å². The molecule has 0 fully saturated rings. The maximum Gasteiger partial charge on any atom is 0.329 e. The zero-order chi connectivity index (χ0) is 22.7. The molecule has 1 unspecified atom stereocenters. The summed E-state index contributed by atoms with van der Waals surface area (Å²) in [6, 6.07) is 8.01. The number of nitrogens with zero attached hydrogens (tertiary/aromatic N) is 1. The number of nitrogens with one attached hydrogen (secondary N) is 1. The molecule has 1 aliphatic heterocycles. The summed E-state index contributed by atoms with van der Waals surface area (Å²) in [5.41, 5.74) is -0.300. The van der Waals surface area contributed by atoms with Gasteiger partial charge in [0.25, 0.3) is 17.7 Å². The van der Waals surface area contributed by atoms with Crippen molar-refractivity contribution in [2.24, 2.45) is 5.92 Å². The number of halogens is 2. The second kappa shape index (κ2) is 9.03. The number of rotatable bonds is 7. The molecule has 3 amide bonds. The monoisotopic (exact) mass is 430 g/mol. The van der Waals surface area contributed by atoms with Gasteiger partial charge in [-0.3, -0.25) is 19.3 Å². The van der Waals surface area contributed by atoms with Gasteiger partial charge in [0.1, 0.15) is 23.4 Å². The van der Waals surface area contributed by atoms with Crippen molar-refractivity contribution in [3.63, 3.8) is 0 Å². The summed E-state index contributed by atoms with van der Waals surface area (Å²) in [5, 5.41) is 2.00. The Balaban J connectivity index is 1.72. The fraction of sp³-hybridized carbons (Fsp3) is 0.273. The molecule has 0 saturated heterocycles. The van der Waals surface area contributed by atoms with E-state index >= 15 is 0 Å². The first kappa shape index (κ1) is 22.1. The van der Waals surface area contributed by atoms with Crippen LogP contribution in [0.15, 0.2) is 42.5 Å². The molecule has 0 saturated carbocycles. The molecule has 0 aliphatic carbocycles. The Labute approximate surface area is 177 Å². The van der Waals surface area contributed by atoms with Crippen molar-refractivity contribution >= 4 is 29.4 Å². The maximum absolute atomic E-state index is 13.7. The smallest absolute Gasteiger partial charge is 0.329 e. The van der Waals surface area contributed by atoms with Gasteiger partial charge in [-0.15, -0.1) is 0 Å². The lowest BCUT2D eigenvalue weighted by Gasteiger charge is -2.25. The van der Waals surface area contributed by atoms with Gasteiger partial charge in [-0.25, -0.2) is 13.6 Å². The minimum Gasteiger partial charge on any atom is -0.454 e. The van der Waals surface area contributed by atoms with Crippen LogP contribution in [-0.2, 0) is 14.3 Å². The van der Waals surface area contributed by atoms with E-state index in [1.807, 2.05) is 5.32 Å². The average molecular weight is 430 g/mol. The Bertz CT molecular complexity index is 999. The summed E-state index contributed by atoms with van der Waals surface area (Å²) in [6.45, 7) is 2.75. The van der Waals surface area contributed by atoms with Gasteiger partial charge >= 0.3 is 5.97 Å². The largest absolute Gasteiger partial charge is 0.454 e. The van der Waals surface area contributed by atoms with Gasteiger partial charge in [-0.1, -0.05) is 32.0 Å². The number of carbonyl (C=O) groups excluding carboxylic acids is 4. The fourth-order valence-electron chi connectivity index (χ4n) is 3.27. The zero-order valence-corrected chi connectivity index (χ0v) is 16.9. The molecule has 162 valence electrons. The van der Waals surface area contributed by atoms with Crippen LogP contribution < -0.4 is 5.32 Å². The first-order valence-electron chi connectivity index (χ1n) is 9.58. The third-order valence-electron chi connectivity index (χ3n) is 4.68. The van der Waals surface area contributed by atoms with E-state index in [1.165, 1.54) is 12.1 Å². The van der Waals surface area contributed by atoms with Gasteiger partial charge in [-0.05, 0) is 36.6 Å². The average Bonchev–Trinajstić information content (AvgIpc) is 2.98. The van der Waals surface area contributed by atoms with Gasteiger partial charge in [-0.2, -0.15) is 0 Å². The molecule has 31 heavy (non-hydrogen) atoms. The van der Waals surface area contributed by atoms with Crippen molar-refractivity contribution in [3.8, 4) is 0 Å². The minimum atomic E-state index is -1.25. The highest BCUT2D eigenvalue weighted by Crippen LogP contribution is 2.27. The molecule has 0 spiro atoms. The van der Waals surface area contributed by atoms with Gasteiger partial charge in [0.15, 0.2) is 6.61 Å². The van der Waals surface area contributed by atoms with Crippen LogP contribution in [0.3, 0.4) is 0 Å². The normalized spacial score (nSPS) is 13.9. The molecule has 1 heterocycles. The molecule has 0 radical (unpaired) electrons. The van der Waals surface area contributed by atoms with Crippen molar-refractivity contribution in [3.05, 3.63) is 65.2 Å². The number of fused-ring (bicyclic) bond motifs is 1. The summed E-state index contributed by atoms with van der Waals surface area (Å²) in [5.74, 6) is -5.23. The fourth-order valence-corrected chi connectivity index (χ4v) is 3.27. The van der Waals surface area contributed by atoms with Crippen LogP contribution in [-0.4, -0.2) is 41.2 Å². The lowest BCUT2D eigenvalue weighted by molar-refractivity contribution is -0.151. The number of carbonyl (C=O) groups is 4. The lowest BCUT2D eigenvalue weighted by Crippen LogP contribution is -2.46. The Morgan fingerprint density at radius 1 is 0.968 bits per heavy atom. The number of amides is 3. The van der Waals surface area contributed by atoms with Crippen LogP contribution in [0.4, 0.5) is 14.5 Å². The molecular formula is C22H20F2N2O5. The summed E-state index contributed by atoms with van der Waals surface area (Å²) >= 11 is 0. The zero-order valence-electron chi connectivity index (χ0n) is 16.9. The molecule has 9 heteroatoms. The lowest BCUT2D eigenvalue weighted by atomic mass is 10.0. The Morgan fingerprint density at radius 2 is 1.52 bits per heavy atom. The molecular weight excluding hydrogens is 410 g/mol. The van der Waals surface area contributed by atoms with E-state index < -0.39 is 53.7 Å². The summed E-state index contributed by atoms with van der Waals surface area (Å²) in [7, 11) is 0. The number of esters is 1. The number of hydrogen-bond donors (Lipinski definition) is 1. The van der Waals surface area contributed by atoms with Crippen LogP contribution in [0, 0.1) is 17.6 Å². The van der Waals surface area contributed by atoms with Crippen molar-refractivity contribution < 1.29 is 32.7 Å². The molecule has 0 bridgehead atoms. The van der Waals surface area contributed by atoms with Crippen molar-refractivity contribution in [2.75, 3.05) is 11.9 Å². The topological polar surface area (TPSA) is 92.8 Å². The maximum atomic E-state index is 13.7. The van der Waals surface area contributed by atoms with E-state index in [0.717, 1.165) is 23.1 Å². The molecule has 7 nitrogen and oxygen atoms in total. The highest BCUT2D eigenvalue weighted by Gasteiger charge is 2.43. The third kappa shape index (κ3) is 4.60. The number of para-hydroxylation sites is 1. The van der Waals surface area contributed by atoms with Crippen molar-refractivity contribution in [1.29, 1.82) is 0 Å². The number of anilines is 1. The highest BCUT2D eigenvalue weighted by atomic mass is 19.1.